The Kier molecular flexibility index (Phi) is 2.87. The average Bonchev–Trinajstić information content (AvgIpc) is 2.39. The van der Waals surface area contributed by atoms with Crippen molar-refractivity contribution in [1.82, 2.24) is 0 Å². The Balaban J connectivity index is 2.27. The summed E-state index contributed by atoms with van der Waals surface area (Å²) in [5.74, 6) is 0.538. The molecule has 0 aliphatic heterocycles. The summed E-state index contributed by atoms with van der Waals surface area (Å²) in [7, 11) is 0. The van der Waals surface area contributed by atoms with Crippen LogP contribution in [0.1, 0.15) is 0 Å². The molecule has 0 unspecified atom stereocenters. The van der Waals surface area contributed by atoms with Gasteiger partial charge in [0.25, 0.3) is 0 Å². The second kappa shape index (κ2) is 4.55. The zero-order valence-corrected chi connectivity index (χ0v) is 11.5. The van der Waals surface area contributed by atoms with Gasteiger partial charge in [0.15, 0.2) is 5.43 Å². The largest absolute Gasteiger partial charge is 0.456 e. The molecular weight excluding hydrogens is 306 g/mol. The monoisotopic (exact) mass is 315 g/mol. The third-order valence-corrected chi connectivity index (χ3v) is 3.44. The van der Waals surface area contributed by atoms with Gasteiger partial charge >= 0.3 is 0 Å². The predicted molar refractivity (Wildman–Crippen MR) is 80.0 cm³/mol. The zero-order chi connectivity index (χ0) is 13.4. The van der Waals surface area contributed by atoms with Crippen LogP contribution in [0.2, 0.25) is 0 Å². The first kappa shape index (κ1) is 12.0. The van der Waals surface area contributed by atoms with Crippen molar-refractivity contribution in [1.29, 1.82) is 0 Å². The van der Waals surface area contributed by atoms with Crippen molar-refractivity contribution in [2.24, 2.45) is 0 Å². The minimum atomic E-state index is -0.128. The van der Waals surface area contributed by atoms with E-state index in [1.54, 1.807) is 18.2 Å². The summed E-state index contributed by atoms with van der Waals surface area (Å²) in [6, 6.07) is 14.3. The zero-order valence-electron chi connectivity index (χ0n) is 9.89. The Morgan fingerprint density at radius 3 is 2.53 bits per heavy atom. The van der Waals surface area contributed by atoms with E-state index in [9.17, 15) is 4.79 Å². The normalized spacial score (nSPS) is 10.8. The van der Waals surface area contributed by atoms with Gasteiger partial charge in [-0.2, -0.15) is 0 Å². The molecular formula is C15H10BrNO2. The number of rotatable bonds is 1. The van der Waals surface area contributed by atoms with E-state index in [2.05, 4.69) is 15.9 Å². The molecule has 3 rings (SSSR count). The van der Waals surface area contributed by atoms with Crippen LogP contribution in [0.15, 0.2) is 62.2 Å². The van der Waals surface area contributed by atoms with E-state index in [-0.39, 0.29) is 5.43 Å². The number of nitrogens with two attached hydrogens (primary N) is 1. The highest BCUT2D eigenvalue weighted by Gasteiger charge is 2.08. The quantitative estimate of drug-likeness (QED) is 0.695. The Morgan fingerprint density at radius 1 is 1.05 bits per heavy atom. The topological polar surface area (TPSA) is 56.2 Å². The molecule has 1 heterocycles. The van der Waals surface area contributed by atoms with E-state index in [4.69, 9.17) is 10.2 Å². The first-order valence-corrected chi connectivity index (χ1v) is 6.53. The number of benzene rings is 2. The molecule has 2 N–H and O–H groups in total. The summed E-state index contributed by atoms with van der Waals surface area (Å²) < 4.78 is 6.73. The predicted octanol–water partition coefficient (Wildman–Crippen LogP) is 3.80. The minimum Gasteiger partial charge on any atom is -0.456 e. The molecule has 0 aliphatic rings. The van der Waals surface area contributed by atoms with Gasteiger partial charge in [0.1, 0.15) is 11.3 Å². The fourth-order valence-electron chi connectivity index (χ4n) is 1.99. The van der Waals surface area contributed by atoms with E-state index in [1.807, 2.05) is 24.3 Å². The van der Waals surface area contributed by atoms with Gasteiger partial charge in [0, 0.05) is 21.8 Å². The summed E-state index contributed by atoms with van der Waals surface area (Å²) in [5, 5.41) is 0.434. The lowest BCUT2D eigenvalue weighted by Crippen LogP contribution is -2.03. The molecule has 4 heteroatoms. The van der Waals surface area contributed by atoms with Crippen LogP contribution in [0.25, 0.3) is 22.3 Å². The van der Waals surface area contributed by atoms with Crippen LogP contribution < -0.4 is 11.2 Å². The molecule has 0 atom stereocenters. The lowest BCUT2D eigenvalue weighted by atomic mass is 10.1. The summed E-state index contributed by atoms with van der Waals surface area (Å²) in [5.41, 5.74) is 7.47. The van der Waals surface area contributed by atoms with Crippen LogP contribution in [-0.2, 0) is 0 Å². The van der Waals surface area contributed by atoms with E-state index in [0.717, 1.165) is 10.0 Å². The number of hydrogen-bond acceptors (Lipinski definition) is 3. The van der Waals surface area contributed by atoms with Crippen LogP contribution in [0.4, 0.5) is 5.69 Å². The third kappa shape index (κ3) is 2.15. The maximum Gasteiger partial charge on any atom is 0.195 e. The lowest BCUT2D eigenvalue weighted by Gasteiger charge is -2.04. The van der Waals surface area contributed by atoms with Crippen molar-refractivity contribution < 1.29 is 4.42 Å². The Labute approximate surface area is 117 Å². The van der Waals surface area contributed by atoms with Crippen molar-refractivity contribution in [3.05, 3.63) is 63.2 Å². The molecule has 0 spiro atoms. The van der Waals surface area contributed by atoms with Crippen LogP contribution in [-0.4, -0.2) is 0 Å². The molecule has 3 nitrogen and oxygen atoms in total. The first-order chi connectivity index (χ1) is 9.15. The molecule has 0 aliphatic carbocycles. The van der Waals surface area contributed by atoms with Gasteiger partial charge in [0.05, 0.1) is 5.39 Å². The average molecular weight is 316 g/mol. The lowest BCUT2D eigenvalue weighted by molar-refractivity contribution is 0.619. The Morgan fingerprint density at radius 2 is 1.79 bits per heavy atom. The van der Waals surface area contributed by atoms with Crippen LogP contribution in [0.5, 0.6) is 0 Å². The minimum absolute atomic E-state index is 0.128. The highest BCUT2D eigenvalue weighted by atomic mass is 79.9. The highest BCUT2D eigenvalue weighted by molar-refractivity contribution is 9.10. The highest BCUT2D eigenvalue weighted by Crippen LogP contribution is 2.25. The van der Waals surface area contributed by atoms with Gasteiger partial charge in [0.2, 0.25) is 0 Å². The summed E-state index contributed by atoms with van der Waals surface area (Å²) in [6.07, 6.45) is 0. The van der Waals surface area contributed by atoms with E-state index in [0.29, 0.717) is 22.4 Å². The van der Waals surface area contributed by atoms with Gasteiger partial charge in [-0.25, -0.2) is 0 Å². The molecule has 2 aromatic carbocycles. The van der Waals surface area contributed by atoms with Crippen LogP contribution in [0, 0.1) is 0 Å². The third-order valence-electron chi connectivity index (χ3n) is 2.92. The molecule has 1 aromatic heterocycles. The molecule has 94 valence electrons. The number of nitrogen functional groups attached to an aromatic ring is 1. The van der Waals surface area contributed by atoms with Crippen molar-refractivity contribution in [3.8, 4) is 11.3 Å². The van der Waals surface area contributed by atoms with Crippen molar-refractivity contribution >= 4 is 32.6 Å². The SMILES string of the molecule is Nc1cccc2oc(-c3ccc(Br)cc3)cc(=O)c12. The standard InChI is InChI=1S/C15H10BrNO2/c16-10-6-4-9(5-7-10)14-8-12(18)15-11(17)2-1-3-13(15)19-14/h1-8H,17H2. The van der Waals surface area contributed by atoms with Gasteiger partial charge in [-0.05, 0) is 24.3 Å². The smallest absolute Gasteiger partial charge is 0.195 e. The summed E-state index contributed by atoms with van der Waals surface area (Å²) in [6.45, 7) is 0. The number of halogens is 1. The number of hydrogen-bond donors (Lipinski definition) is 1. The second-order valence-corrected chi connectivity index (χ2v) is 5.12. The van der Waals surface area contributed by atoms with Crippen molar-refractivity contribution in [2.45, 2.75) is 0 Å². The first-order valence-electron chi connectivity index (χ1n) is 5.73. The molecule has 0 saturated carbocycles. The Bertz CT molecular complexity index is 806. The molecule has 0 fully saturated rings. The summed E-state index contributed by atoms with van der Waals surface area (Å²) in [4.78, 5) is 12.1. The van der Waals surface area contributed by atoms with E-state index in [1.165, 1.54) is 6.07 Å². The number of anilines is 1. The van der Waals surface area contributed by atoms with Crippen LogP contribution in [0.3, 0.4) is 0 Å². The van der Waals surface area contributed by atoms with E-state index >= 15 is 0 Å². The van der Waals surface area contributed by atoms with Crippen LogP contribution >= 0.6 is 15.9 Å². The Hall–Kier alpha value is -2.07. The molecule has 19 heavy (non-hydrogen) atoms. The molecule has 0 saturated heterocycles. The van der Waals surface area contributed by atoms with Gasteiger partial charge < -0.3 is 10.2 Å². The molecule has 0 radical (unpaired) electrons. The van der Waals surface area contributed by atoms with Gasteiger partial charge in [-0.3, -0.25) is 4.79 Å². The fourth-order valence-corrected chi connectivity index (χ4v) is 2.26. The number of fused-ring (bicyclic) bond motifs is 1. The maximum absolute atomic E-state index is 12.1. The fraction of sp³-hybridized carbons (Fsp3) is 0. The second-order valence-electron chi connectivity index (χ2n) is 4.20. The van der Waals surface area contributed by atoms with Crippen molar-refractivity contribution in [3.63, 3.8) is 0 Å². The van der Waals surface area contributed by atoms with E-state index < -0.39 is 0 Å². The summed E-state index contributed by atoms with van der Waals surface area (Å²) >= 11 is 3.37. The molecule has 3 aromatic rings. The van der Waals surface area contributed by atoms with Crippen molar-refractivity contribution in [2.75, 3.05) is 5.73 Å². The van der Waals surface area contributed by atoms with Gasteiger partial charge in [-0.1, -0.05) is 34.1 Å². The maximum atomic E-state index is 12.1. The molecule has 0 bridgehead atoms. The van der Waals surface area contributed by atoms with Gasteiger partial charge in [-0.15, -0.1) is 0 Å². The molecule has 0 amide bonds.